The zero-order valence-corrected chi connectivity index (χ0v) is 14.8. The number of carbonyl (C=O) groups excluding carboxylic acids is 1. The number of amides is 1. The molecular weight excluding hydrogens is 302 g/mol. The van der Waals surface area contributed by atoms with E-state index in [0.717, 1.165) is 39.1 Å². The first kappa shape index (κ1) is 17.2. The Hall–Kier alpha value is -1.59. The molecule has 0 spiro atoms. The third kappa shape index (κ3) is 4.28. The van der Waals surface area contributed by atoms with Crippen molar-refractivity contribution in [2.75, 3.05) is 44.2 Å². The van der Waals surface area contributed by atoms with Gasteiger partial charge in [-0.05, 0) is 32.4 Å². The maximum atomic E-state index is 12.1. The summed E-state index contributed by atoms with van der Waals surface area (Å²) in [4.78, 5) is 17.0. The summed E-state index contributed by atoms with van der Waals surface area (Å²) in [6.45, 7) is 9.74. The first-order chi connectivity index (χ1) is 11.7. The summed E-state index contributed by atoms with van der Waals surface area (Å²) < 4.78 is 5.49. The average molecular weight is 331 g/mol. The van der Waals surface area contributed by atoms with Crippen LogP contribution in [0.3, 0.4) is 0 Å². The molecule has 0 aromatic heterocycles. The van der Waals surface area contributed by atoms with Crippen molar-refractivity contribution < 1.29 is 9.53 Å². The lowest BCUT2D eigenvalue weighted by Gasteiger charge is -2.39. The zero-order valence-electron chi connectivity index (χ0n) is 14.8. The Balaban J connectivity index is 1.38. The second-order valence-corrected chi connectivity index (χ2v) is 6.79. The van der Waals surface area contributed by atoms with Crippen molar-refractivity contribution in [3.8, 4) is 0 Å². The quantitative estimate of drug-likeness (QED) is 0.827. The van der Waals surface area contributed by atoms with Crippen LogP contribution in [-0.4, -0.2) is 62.3 Å². The molecule has 2 aliphatic rings. The minimum atomic E-state index is 0.0760. The van der Waals surface area contributed by atoms with Gasteiger partial charge in [0.05, 0.1) is 12.0 Å². The topological polar surface area (TPSA) is 44.8 Å². The summed E-state index contributed by atoms with van der Waals surface area (Å²) >= 11 is 0. The van der Waals surface area contributed by atoms with Gasteiger partial charge in [-0.2, -0.15) is 0 Å². The number of anilines is 1. The fourth-order valence-corrected chi connectivity index (χ4v) is 3.41. The summed E-state index contributed by atoms with van der Waals surface area (Å²) in [7, 11) is 0. The van der Waals surface area contributed by atoms with Gasteiger partial charge in [-0.1, -0.05) is 18.2 Å². The molecule has 1 aliphatic carbocycles. The van der Waals surface area contributed by atoms with Gasteiger partial charge in [-0.15, -0.1) is 0 Å². The average Bonchev–Trinajstić information content (AvgIpc) is 3.40. The summed E-state index contributed by atoms with van der Waals surface area (Å²) in [6.07, 6.45) is 1.03. The molecule has 3 atom stereocenters. The van der Waals surface area contributed by atoms with E-state index in [1.165, 1.54) is 5.69 Å². The summed E-state index contributed by atoms with van der Waals surface area (Å²) in [5, 5.41) is 3.10. The van der Waals surface area contributed by atoms with Gasteiger partial charge in [0.1, 0.15) is 0 Å². The van der Waals surface area contributed by atoms with E-state index in [1.807, 2.05) is 6.92 Å². The largest absolute Gasteiger partial charge is 0.378 e. The van der Waals surface area contributed by atoms with Crippen LogP contribution in [0.1, 0.15) is 20.3 Å². The molecule has 1 heterocycles. The molecule has 3 rings (SSSR count). The molecule has 1 amide bonds. The molecule has 3 unspecified atom stereocenters. The van der Waals surface area contributed by atoms with Crippen molar-refractivity contribution in [2.45, 2.75) is 32.4 Å². The van der Waals surface area contributed by atoms with Crippen molar-refractivity contribution in [3.05, 3.63) is 30.3 Å². The lowest BCUT2D eigenvalue weighted by molar-refractivity contribution is -0.123. The van der Waals surface area contributed by atoms with Gasteiger partial charge >= 0.3 is 0 Å². The predicted octanol–water partition coefficient (Wildman–Crippen LogP) is 1.74. The molecule has 0 bridgehead atoms. The Morgan fingerprint density at radius 2 is 1.96 bits per heavy atom. The Bertz CT molecular complexity index is 529. The highest BCUT2D eigenvalue weighted by Crippen LogP contribution is 2.33. The highest BCUT2D eigenvalue weighted by molar-refractivity contribution is 5.82. The zero-order chi connectivity index (χ0) is 16.9. The Morgan fingerprint density at radius 1 is 1.25 bits per heavy atom. The van der Waals surface area contributed by atoms with Crippen LogP contribution in [0.4, 0.5) is 5.69 Å². The second kappa shape index (κ2) is 7.99. The number of nitrogens with one attached hydrogen (secondary N) is 1. The van der Waals surface area contributed by atoms with Crippen LogP contribution in [0.15, 0.2) is 30.3 Å². The fraction of sp³-hybridized carbons (Fsp3) is 0.632. The molecule has 1 N–H and O–H groups in total. The van der Waals surface area contributed by atoms with Gasteiger partial charge < -0.3 is 15.0 Å². The number of carbonyl (C=O) groups is 1. The van der Waals surface area contributed by atoms with Gasteiger partial charge in [0, 0.05) is 51.1 Å². The minimum Gasteiger partial charge on any atom is -0.378 e. The smallest absolute Gasteiger partial charge is 0.225 e. The van der Waals surface area contributed by atoms with Crippen molar-refractivity contribution in [2.24, 2.45) is 5.92 Å². The first-order valence-corrected chi connectivity index (χ1v) is 9.12. The number of hydrogen-bond acceptors (Lipinski definition) is 4. The van der Waals surface area contributed by atoms with Crippen LogP contribution in [0.25, 0.3) is 0 Å². The van der Waals surface area contributed by atoms with Gasteiger partial charge in [-0.3, -0.25) is 9.69 Å². The standard InChI is InChI=1S/C19H29N3O2/c1-3-24-18-13-17(18)19(23)20-14-15(2)21-9-11-22(12-10-21)16-7-5-4-6-8-16/h4-8,15,17-18H,3,9-14H2,1-2H3,(H,20,23). The molecule has 5 nitrogen and oxygen atoms in total. The maximum Gasteiger partial charge on any atom is 0.225 e. The van der Waals surface area contributed by atoms with Gasteiger partial charge in [-0.25, -0.2) is 0 Å². The van der Waals surface area contributed by atoms with E-state index in [2.05, 4.69) is 52.4 Å². The van der Waals surface area contributed by atoms with E-state index in [1.54, 1.807) is 0 Å². The Labute approximate surface area is 145 Å². The van der Waals surface area contributed by atoms with Crippen LogP contribution in [0.5, 0.6) is 0 Å². The molecule has 2 fully saturated rings. The number of para-hydroxylation sites is 1. The molecule has 0 radical (unpaired) electrons. The lowest BCUT2D eigenvalue weighted by atomic mass is 10.2. The summed E-state index contributed by atoms with van der Waals surface area (Å²) in [5.41, 5.74) is 1.30. The van der Waals surface area contributed by atoms with Crippen molar-refractivity contribution in [1.29, 1.82) is 0 Å². The van der Waals surface area contributed by atoms with Crippen LogP contribution in [-0.2, 0) is 9.53 Å². The predicted molar refractivity (Wildman–Crippen MR) is 96.2 cm³/mol. The van der Waals surface area contributed by atoms with Crippen molar-refractivity contribution in [3.63, 3.8) is 0 Å². The van der Waals surface area contributed by atoms with E-state index < -0.39 is 0 Å². The van der Waals surface area contributed by atoms with E-state index in [9.17, 15) is 4.79 Å². The van der Waals surface area contributed by atoms with Gasteiger partial charge in [0.2, 0.25) is 5.91 Å². The van der Waals surface area contributed by atoms with Crippen molar-refractivity contribution in [1.82, 2.24) is 10.2 Å². The van der Waals surface area contributed by atoms with Crippen LogP contribution in [0, 0.1) is 5.92 Å². The van der Waals surface area contributed by atoms with E-state index in [-0.39, 0.29) is 17.9 Å². The Kier molecular flexibility index (Phi) is 5.74. The van der Waals surface area contributed by atoms with Crippen LogP contribution >= 0.6 is 0 Å². The molecule has 24 heavy (non-hydrogen) atoms. The molecule has 132 valence electrons. The van der Waals surface area contributed by atoms with E-state index in [4.69, 9.17) is 4.74 Å². The number of piperazine rings is 1. The molecule has 1 saturated carbocycles. The molecule has 1 aromatic rings. The number of benzene rings is 1. The molecular formula is C19H29N3O2. The third-order valence-corrected chi connectivity index (χ3v) is 5.08. The molecule has 1 saturated heterocycles. The SMILES string of the molecule is CCOC1CC1C(=O)NCC(C)N1CCN(c2ccccc2)CC1. The van der Waals surface area contributed by atoms with Crippen molar-refractivity contribution >= 4 is 11.6 Å². The normalized spacial score (nSPS) is 25.3. The third-order valence-electron chi connectivity index (χ3n) is 5.08. The first-order valence-electron chi connectivity index (χ1n) is 9.12. The number of rotatable bonds is 7. The molecule has 1 aliphatic heterocycles. The van der Waals surface area contributed by atoms with Gasteiger partial charge in [0.25, 0.3) is 0 Å². The highest BCUT2D eigenvalue weighted by Gasteiger charge is 2.43. The summed E-state index contributed by atoms with van der Waals surface area (Å²) in [5.74, 6) is 0.232. The van der Waals surface area contributed by atoms with Gasteiger partial charge in [0.15, 0.2) is 0 Å². The highest BCUT2D eigenvalue weighted by atomic mass is 16.5. The number of ether oxygens (including phenoxy) is 1. The Morgan fingerprint density at radius 3 is 2.62 bits per heavy atom. The molecule has 1 aromatic carbocycles. The van der Waals surface area contributed by atoms with E-state index in [0.29, 0.717) is 12.6 Å². The number of nitrogens with zero attached hydrogens (tertiary/aromatic N) is 2. The minimum absolute atomic E-state index is 0.0760. The maximum absolute atomic E-state index is 12.1. The monoisotopic (exact) mass is 331 g/mol. The van der Waals surface area contributed by atoms with Crippen LogP contribution in [0.2, 0.25) is 0 Å². The fourth-order valence-electron chi connectivity index (χ4n) is 3.41. The summed E-state index contributed by atoms with van der Waals surface area (Å²) in [6, 6.07) is 10.9. The second-order valence-electron chi connectivity index (χ2n) is 6.79. The number of hydrogen-bond donors (Lipinski definition) is 1. The van der Waals surface area contributed by atoms with E-state index >= 15 is 0 Å². The molecule has 5 heteroatoms. The van der Waals surface area contributed by atoms with Crippen LogP contribution < -0.4 is 10.2 Å². The lowest BCUT2D eigenvalue weighted by Crippen LogP contribution is -2.52.